The molecule has 0 bridgehead atoms. The molecule has 7 nitrogen and oxygen atoms in total. The van der Waals surface area contributed by atoms with Gasteiger partial charge in [-0.3, -0.25) is 4.90 Å². The zero-order valence-electron chi connectivity index (χ0n) is 20.9. The van der Waals surface area contributed by atoms with E-state index in [0.29, 0.717) is 18.8 Å². The maximum atomic E-state index is 10.8. The van der Waals surface area contributed by atoms with Gasteiger partial charge in [0, 0.05) is 31.7 Å². The quantitative estimate of drug-likeness (QED) is 0.392. The van der Waals surface area contributed by atoms with E-state index in [2.05, 4.69) is 34.0 Å². The van der Waals surface area contributed by atoms with Gasteiger partial charge >= 0.3 is 0 Å². The third kappa shape index (κ3) is 6.77. The fraction of sp³-hybridized carbons (Fsp3) is 0.464. The van der Waals surface area contributed by atoms with Crippen LogP contribution in [-0.4, -0.2) is 61.2 Å². The highest BCUT2D eigenvalue weighted by Crippen LogP contribution is 2.34. The van der Waals surface area contributed by atoms with E-state index in [1.54, 1.807) is 7.11 Å². The number of hydrogen-bond donors (Lipinski definition) is 1. The third-order valence-electron chi connectivity index (χ3n) is 6.35. The number of aliphatic hydroxyl groups is 1. The number of anilines is 1. The van der Waals surface area contributed by atoms with Crippen LogP contribution in [0.25, 0.3) is 11.3 Å². The average molecular weight is 480 g/mol. The summed E-state index contributed by atoms with van der Waals surface area (Å²) in [7, 11) is 1.64. The summed E-state index contributed by atoms with van der Waals surface area (Å²) in [6.45, 7) is 6.38. The molecule has 1 N–H and O–H groups in total. The Morgan fingerprint density at radius 3 is 2.43 bits per heavy atom. The van der Waals surface area contributed by atoms with Crippen LogP contribution < -0.4 is 14.4 Å². The maximum absolute atomic E-state index is 10.8. The van der Waals surface area contributed by atoms with Gasteiger partial charge in [0.2, 0.25) is 5.88 Å². The minimum Gasteiger partial charge on any atom is -0.497 e. The van der Waals surface area contributed by atoms with Crippen LogP contribution in [0.1, 0.15) is 38.2 Å². The molecule has 1 aliphatic rings. The van der Waals surface area contributed by atoms with E-state index in [1.165, 1.54) is 19.3 Å². The second kappa shape index (κ2) is 12.6. The zero-order chi connectivity index (χ0) is 24.5. The SMILES string of the molecule is CCCN(Cc1c(-c2ccccc2)noc1N1CCCCC1)C[C@@H](O)COc1ccc(OC)cc1. The Hall–Kier alpha value is -3.03. The minimum atomic E-state index is -0.623. The Balaban J connectivity index is 1.48. The molecule has 1 saturated heterocycles. The van der Waals surface area contributed by atoms with Gasteiger partial charge < -0.3 is 24.0 Å². The van der Waals surface area contributed by atoms with Crippen molar-refractivity contribution >= 4 is 5.88 Å². The Bertz CT molecular complexity index is 1020. The zero-order valence-corrected chi connectivity index (χ0v) is 20.9. The number of methoxy groups -OCH3 is 1. The number of aliphatic hydroxyl groups excluding tert-OH is 1. The summed E-state index contributed by atoms with van der Waals surface area (Å²) in [6.07, 6.45) is 3.95. The molecule has 0 unspecified atom stereocenters. The normalized spacial score (nSPS) is 14.8. The molecule has 1 fully saturated rings. The topological polar surface area (TPSA) is 71.2 Å². The van der Waals surface area contributed by atoms with Gasteiger partial charge in [-0.15, -0.1) is 0 Å². The number of rotatable bonds is 12. The molecule has 188 valence electrons. The van der Waals surface area contributed by atoms with Crippen molar-refractivity contribution in [3.8, 4) is 22.8 Å². The second-order valence-electron chi connectivity index (χ2n) is 9.10. The summed E-state index contributed by atoms with van der Waals surface area (Å²) in [5.74, 6) is 2.36. The number of piperidine rings is 1. The Labute approximate surface area is 208 Å². The van der Waals surface area contributed by atoms with Crippen molar-refractivity contribution in [1.29, 1.82) is 0 Å². The Morgan fingerprint density at radius 2 is 1.74 bits per heavy atom. The molecule has 7 heteroatoms. The summed E-state index contributed by atoms with van der Waals surface area (Å²) >= 11 is 0. The summed E-state index contributed by atoms with van der Waals surface area (Å²) in [5, 5.41) is 15.3. The predicted molar refractivity (Wildman–Crippen MR) is 138 cm³/mol. The van der Waals surface area contributed by atoms with Crippen LogP contribution >= 0.6 is 0 Å². The highest BCUT2D eigenvalue weighted by Gasteiger charge is 2.26. The van der Waals surface area contributed by atoms with Crippen molar-refractivity contribution in [3.05, 3.63) is 60.2 Å². The largest absolute Gasteiger partial charge is 0.497 e. The average Bonchev–Trinajstić information content (AvgIpc) is 3.32. The summed E-state index contributed by atoms with van der Waals surface area (Å²) in [6, 6.07) is 17.6. The number of ether oxygens (including phenoxy) is 2. The van der Waals surface area contributed by atoms with Crippen molar-refractivity contribution in [2.24, 2.45) is 0 Å². The van der Waals surface area contributed by atoms with Crippen LogP contribution in [0.2, 0.25) is 0 Å². The summed E-state index contributed by atoms with van der Waals surface area (Å²) in [4.78, 5) is 4.60. The van der Waals surface area contributed by atoms with E-state index >= 15 is 0 Å². The lowest BCUT2D eigenvalue weighted by Gasteiger charge is -2.29. The molecule has 2 heterocycles. The summed E-state index contributed by atoms with van der Waals surface area (Å²) in [5.41, 5.74) is 3.03. The number of benzene rings is 2. The van der Waals surface area contributed by atoms with Crippen molar-refractivity contribution in [3.63, 3.8) is 0 Å². The van der Waals surface area contributed by atoms with Gasteiger partial charge in [-0.1, -0.05) is 42.4 Å². The van der Waals surface area contributed by atoms with Gasteiger partial charge in [0.15, 0.2) is 0 Å². The molecule has 3 aromatic rings. The molecule has 2 aromatic carbocycles. The Kier molecular flexibility index (Phi) is 9.03. The highest BCUT2D eigenvalue weighted by molar-refractivity contribution is 5.68. The Morgan fingerprint density at radius 1 is 1.03 bits per heavy atom. The first-order valence-corrected chi connectivity index (χ1v) is 12.6. The molecular weight excluding hydrogens is 442 g/mol. The van der Waals surface area contributed by atoms with Crippen molar-refractivity contribution < 1.29 is 19.1 Å². The molecule has 0 amide bonds. The van der Waals surface area contributed by atoms with Gasteiger partial charge in [0.05, 0.1) is 12.7 Å². The molecule has 1 aliphatic heterocycles. The van der Waals surface area contributed by atoms with Crippen LogP contribution in [0.5, 0.6) is 11.5 Å². The van der Waals surface area contributed by atoms with E-state index in [9.17, 15) is 5.11 Å². The lowest BCUT2D eigenvalue weighted by Crippen LogP contribution is -2.36. The summed E-state index contributed by atoms with van der Waals surface area (Å²) < 4.78 is 17.0. The molecule has 0 spiro atoms. The molecule has 0 saturated carbocycles. The van der Waals surface area contributed by atoms with E-state index < -0.39 is 6.10 Å². The first-order chi connectivity index (χ1) is 17.2. The fourth-order valence-corrected chi connectivity index (χ4v) is 4.60. The predicted octanol–water partition coefficient (Wildman–Crippen LogP) is 4.99. The maximum Gasteiger partial charge on any atom is 0.232 e. The minimum absolute atomic E-state index is 0.223. The first kappa shape index (κ1) is 25.1. The molecule has 35 heavy (non-hydrogen) atoms. The van der Waals surface area contributed by atoms with Gasteiger partial charge in [0.1, 0.15) is 29.9 Å². The molecule has 1 aromatic heterocycles. The lowest BCUT2D eigenvalue weighted by molar-refractivity contribution is 0.0656. The number of hydrogen-bond acceptors (Lipinski definition) is 7. The van der Waals surface area contributed by atoms with Crippen molar-refractivity contribution in [2.45, 2.75) is 45.3 Å². The van der Waals surface area contributed by atoms with Gasteiger partial charge in [-0.2, -0.15) is 0 Å². The van der Waals surface area contributed by atoms with Gasteiger partial charge in [0.25, 0.3) is 0 Å². The number of aromatic nitrogens is 1. The van der Waals surface area contributed by atoms with Crippen LogP contribution in [0.3, 0.4) is 0 Å². The molecule has 0 aliphatic carbocycles. The molecule has 1 atom stereocenters. The highest BCUT2D eigenvalue weighted by atomic mass is 16.5. The molecule has 4 rings (SSSR count). The smallest absolute Gasteiger partial charge is 0.232 e. The van der Waals surface area contributed by atoms with E-state index in [-0.39, 0.29) is 6.61 Å². The molecule has 0 radical (unpaired) electrons. The monoisotopic (exact) mass is 479 g/mol. The van der Waals surface area contributed by atoms with Crippen molar-refractivity contribution in [1.82, 2.24) is 10.1 Å². The standard InChI is InChI=1S/C28H37N3O4/c1-3-16-30(19-23(32)21-34-25-14-12-24(33-2)13-15-25)20-26-27(22-10-6-4-7-11-22)29-35-28(26)31-17-8-5-9-18-31/h4,6-7,10-15,23,32H,3,5,8-9,16-21H2,1-2H3/t23-/m1/s1. The van der Waals surface area contributed by atoms with E-state index in [0.717, 1.165) is 54.5 Å². The first-order valence-electron chi connectivity index (χ1n) is 12.6. The van der Waals surface area contributed by atoms with Crippen LogP contribution in [0.4, 0.5) is 5.88 Å². The second-order valence-corrected chi connectivity index (χ2v) is 9.10. The fourth-order valence-electron chi connectivity index (χ4n) is 4.60. The number of nitrogens with zero attached hydrogens (tertiary/aromatic N) is 3. The van der Waals surface area contributed by atoms with Gasteiger partial charge in [-0.05, 0) is 56.5 Å². The van der Waals surface area contributed by atoms with E-state index in [1.807, 2.05) is 42.5 Å². The van der Waals surface area contributed by atoms with Crippen LogP contribution in [0, 0.1) is 0 Å². The van der Waals surface area contributed by atoms with Crippen LogP contribution in [-0.2, 0) is 6.54 Å². The lowest BCUT2D eigenvalue weighted by atomic mass is 10.1. The van der Waals surface area contributed by atoms with E-state index in [4.69, 9.17) is 14.0 Å². The van der Waals surface area contributed by atoms with Crippen molar-refractivity contribution in [2.75, 3.05) is 44.8 Å². The molecular formula is C28H37N3O4. The van der Waals surface area contributed by atoms with Gasteiger partial charge in [-0.25, -0.2) is 0 Å². The van der Waals surface area contributed by atoms with Crippen LogP contribution in [0.15, 0.2) is 59.1 Å². The third-order valence-corrected chi connectivity index (χ3v) is 6.35.